The Morgan fingerprint density at radius 2 is 1.76 bits per heavy atom. The lowest BCUT2D eigenvalue weighted by Gasteiger charge is -2.34. The van der Waals surface area contributed by atoms with Crippen LogP contribution in [0.2, 0.25) is 0 Å². The van der Waals surface area contributed by atoms with Crippen LogP contribution >= 0.6 is 12.6 Å². The molecule has 0 aromatic heterocycles. The minimum Gasteiger partial charge on any atom is -0.340 e. The van der Waals surface area contributed by atoms with Crippen molar-refractivity contribution in [2.24, 2.45) is 0 Å². The summed E-state index contributed by atoms with van der Waals surface area (Å²) in [5.41, 5.74) is 0.810. The van der Waals surface area contributed by atoms with Crippen LogP contribution in [0.5, 0.6) is 0 Å². The molecule has 1 aromatic rings. The molecule has 1 aliphatic rings. The van der Waals surface area contributed by atoms with Gasteiger partial charge >= 0.3 is 0 Å². The lowest BCUT2D eigenvalue weighted by molar-refractivity contribution is -0.132. The maximum absolute atomic E-state index is 12.0. The van der Waals surface area contributed by atoms with Crippen molar-refractivity contribution in [3.05, 3.63) is 30.3 Å². The Bertz CT molecular complexity index is 473. The van der Waals surface area contributed by atoms with Gasteiger partial charge in [0.15, 0.2) is 0 Å². The van der Waals surface area contributed by atoms with Crippen LogP contribution in [0, 0.1) is 0 Å². The molecule has 2 rings (SSSR count). The summed E-state index contributed by atoms with van der Waals surface area (Å²) >= 11 is 4.08. The number of benzene rings is 1. The Labute approximate surface area is 130 Å². The van der Waals surface area contributed by atoms with Gasteiger partial charge in [0, 0.05) is 38.3 Å². The van der Waals surface area contributed by atoms with Crippen LogP contribution in [0.3, 0.4) is 0 Å². The summed E-state index contributed by atoms with van der Waals surface area (Å²) in [6.07, 6.45) is 0.484. The normalized spacial score (nSPS) is 15.8. The van der Waals surface area contributed by atoms with Gasteiger partial charge in [-0.05, 0) is 17.9 Å². The van der Waals surface area contributed by atoms with E-state index in [0.717, 1.165) is 18.8 Å². The predicted molar refractivity (Wildman–Crippen MR) is 86.6 cm³/mol. The minimum atomic E-state index is -0.0173. The van der Waals surface area contributed by atoms with Crippen molar-refractivity contribution in [3.8, 4) is 0 Å². The Hall–Kier alpha value is -1.53. The van der Waals surface area contributed by atoms with Gasteiger partial charge in [-0.15, -0.1) is 0 Å². The van der Waals surface area contributed by atoms with Crippen LogP contribution in [0.15, 0.2) is 30.3 Å². The summed E-state index contributed by atoms with van der Waals surface area (Å²) in [5.74, 6) is 0.716. The highest BCUT2D eigenvalue weighted by Crippen LogP contribution is 2.07. The fraction of sp³-hybridized carbons (Fsp3) is 0.467. The number of rotatable bonds is 5. The lowest BCUT2D eigenvalue weighted by Crippen LogP contribution is -2.50. The number of para-hydroxylation sites is 1. The zero-order valence-corrected chi connectivity index (χ0v) is 12.9. The van der Waals surface area contributed by atoms with E-state index in [-0.39, 0.29) is 11.8 Å². The van der Waals surface area contributed by atoms with Gasteiger partial charge in [0.2, 0.25) is 11.8 Å². The quantitative estimate of drug-likeness (QED) is 0.801. The molecule has 0 unspecified atom stereocenters. The van der Waals surface area contributed by atoms with Gasteiger partial charge in [-0.25, -0.2) is 0 Å². The van der Waals surface area contributed by atoms with Gasteiger partial charge in [0.1, 0.15) is 0 Å². The summed E-state index contributed by atoms with van der Waals surface area (Å²) in [6, 6.07) is 9.43. The molecule has 0 saturated carbocycles. The maximum Gasteiger partial charge on any atom is 0.238 e. The number of carbonyl (C=O) groups is 2. The summed E-state index contributed by atoms with van der Waals surface area (Å²) < 4.78 is 0. The molecule has 1 heterocycles. The largest absolute Gasteiger partial charge is 0.340 e. The SMILES string of the molecule is O=C(CN1CCN(C(=O)CCS)CC1)Nc1ccccc1. The van der Waals surface area contributed by atoms with Crippen LogP contribution in [0.25, 0.3) is 0 Å². The van der Waals surface area contributed by atoms with Gasteiger partial charge in [-0.3, -0.25) is 14.5 Å². The van der Waals surface area contributed by atoms with E-state index < -0.39 is 0 Å². The highest BCUT2D eigenvalue weighted by atomic mass is 32.1. The van der Waals surface area contributed by atoms with Crippen LogP contribution in [0.4, 0.5) is 5.69 Å². The van der Waals surface area contributed by atoms with Crippen LogP contribution in [-0.2, 0) is 9.59 Å². The van der Waals surface area contributed by atoms with Crippen molar-refractivity contribution >= 4 is 30.1 Å². The third kappa shape index (κ3) is 5.06. The Morgan fingerprint density at radius 1 is 1.10 bits per heavy atom. The molecule has 0 bridgehead atoms. The summed E-state index contributed by atoms with van der Waals surface area (Å²) in [5, 5.41) is 2.87. The molecule has 1 aromatic carbocycles. The average molecular weight is 307 g/mol. The Morgan fingerprint density at radius 3 is 2.38 bits per heavy atom. The molecule has 0 atom stereocenters. The average Bonchev–Trinajstić information content (AvgIpc) is 2.49. The minimum absolute atomic E-state index is 0.0173. The smallest absolute Gasteiger partial charge is 0.238 e. The molecule has 114 valence electrons. The molecule has 1 saturated heterocycles. The summed E-state index contributed by atoms with van der Waals surface area (Å²) in [4.78, 5) is 27.6. The first-order chi connectivity index (χ1) is 10.2. The van der Waals surface area contributed by atoms with Crippen molar-refractivity contribution in [2.45, 2.75) is 6.42 Å². The van der Waals surface area contributed by atoms with Gasteiger partial charge < -0.3 is 10.2 Å². The van der Waals surface area contributed by atoms with Crippen molar-refractivity contribution < 1.29 is 9.59 Å². The second-order valence-corrected chi connectivity index (χ2v) is 5.49. The molecular formula is C15H21N3O2S. The van der Waals surface area contributed by atoms with Crippen molar-refractivity contribution in [2.75, 3.05) is 43.8 Å². The fourth-order valence-corrected chi connectivity index (χ4v) is 2.53. The molecule has 21 heavy (non-hydrogen) atoms. The number of piperazine rings is 1. The van der Waals surface area contributed by atoms with E-state index in [0.29, 0.717) is 31.8 Å². The van der Waals surface area contributed by atoms with Crippen molar-refractivity contribution in [1.29, 1.82) is 0 Å². The lowest BCUT2D eigenvalue weighted by atomic mass is 10.2. The Kier molecular flexibility index (Phi) is 6.07. The number of amides is 2. The van der Waals surface area contributed by atoms with Gasteiger partial charge in [-0.1, -0.05) is 18.2 Å². The first-order valence-corrected chi connectivity index (χ1v) is 7.78. The van der Waals surface area contributed by atoms with Crippen LogP contribution in [0.1, 0.15) is 6.42 Å². The predicted octanol–water partition coefficient (Wildman–Crippen LogP) is 1.09. The topological polar surface area (TPSA) is 52.7 Å². The van der Waals surface area contributed by atoms with E-state index in [4.69, 9.17) is 0 Å². The number of thiol groups is 1. The van der Waals surface area contributed by atoms with E-state index in [1.165, 1.54) is 0 Å². The molecule has 2 amide bonds. The Balaban J connectivity index is 1.73. The van der Waals surface area contributed by atoms with E-state index >= 15 is 0 Å². The van der Waals surface area contributed by atoms with E-state index in [1.54, 1.807) is 0 Å². The molecule has 0 aliphatic carbocycles. The molecule has 0 radical (unpaired) electrons. The molecule has 1 N–H and O–H groups in total. The van der Waals surface area contributed by atoms with Crippen molar-refractivity contribution in [1.82, 2.24) is 9.80 Å². The molecule has 6 heteroatoms. The molecule has 1 fully saturated rings. The second kappa shape index (κ2) is 8.05. The molecular weight excluding hydrogens is 286 g/mol. The number of hydrogen-bond acceptors (Lipinski definition) is 4. The number of anilines is 1. The van der Waals surface area contributed by atoms with Gasteiger partial charge in [-0.2, -0.15) is 12.6 Å². The number of nitrogens with one attached hydrogen (secondary N) is 1. The number of carbonyl (C=O) groups excluding carboxylic acids is 2. The fourth-order valence-electron chi connectivity index (χ4n) is 2.33. The number of hydrogen-bond donors (Lipinski definition) is 2. The monoisotopic (exact) mass is 307 g/mol. The summed E-state index contributed by atoms with van der Waals surface area (Å²) in [7, 11) is 0. The standard InChI is InChI=1S/C15H21N3O2S/c19-14(16-13-4-2-1-3-5-13)12-17-7-9-18(10-8-17)15(20)6-11-21/h1-5,21H,6-12H2,(H,16,19). The van der Waals surface area contributed by atoms with Crippen LogP contribution < -0.4 is 5.32 Å². The van der Waals surface area contributed by atoms with Crippen LogP contribution in [-0.4, -0.2) is 60.1 Å². The maximum atomic E-state index is 12.0. The third-order valence-electron chi connectivity index (χ3n) is 3.48. The molecule has 5 nitrogen and oxygen atoms in total. The molecule has 0 spiro atoms. The van der Waals surface area contributed by atoms with Crippen molar-refractivity contribution in [3.63, 3.8) is 0 Å². The zero-order valence-electron chi connectivity index (χ0n) is 12.0. The van der Waals surface area contributed by atoms with Gasteiger partial charge in [0.05, 0.1) is 6.54 Å². The molecule has 1 aliphatic heterocycles. The third-order valence-corrected chi connectivity index (χ3v) is 3.70. The number of nitrogens with zero attached hydrogens (tertiary/aromatic N) is 2. The van der Waals surface area contributed by atoms with E-state index in [2.05, 4.69) is 22.8 Å². The van der Waals surface area contributed by atoms with E-state index in [1.807, 2.05) is 35.2 Å². The second-order valence-electron chi connectivity index (χ2n) is 5.04. The summed E-state index contributed by atoms with van der Waals surface area (Å²) in [6.45, 7) is 3.21. The highest BCUT2D eigenvalue weighted by Gasteiger charge is 2.21. The zero-order chi connectivity index (χ0) is 15.1. The first kappa shape index (κ1) is 15.9. The first-order valence-electron chi connectivity index (χ1n) is 7.15. The van der Waals surface area contributed by atoms with E-state index in [9.17, 15) is 9.59 Å². The van der Waals surface area contributed by atoms with Gasteiger partial charge in [0.25, 0.3) is 0 Å². The highest BCUT2D eigenvalue weighted by molar-refractivity contribution is 7.80.